The van der Waals surface area contributed by atoms with Crippen LogP contribution in [0.5, 0.6) is 5.75 Å². The van der Waals surface area contributed by atoms with E-state index in [1.165, 1.54) is 0 Å². The lowest BCUT2D eigenvalue weighted by Gasteiger charge is -2.09. The highest BCUT2D eigenvalue weighted by molar-refractivity contribution is 6.30. The molecular formula is C17H12ClF5O2. The molecule has 0 aromatic heterocycles. The lowest BCUT2D eigenvalue weighted by Crippen LogP contribution is -2.13. The standard InChI is InChI=1S/C17H12ClF5O2/c18-10-6-3-5-9(8-10)4-1-2-7-11(24)25-17-15(22)13(20)12(19)14(21)16(17)23/h3,5-6,8H,1-2,4,7H2. The zero-order valence-electron chi connectivity index (χ0n) is 12.7. The number of esters is 1. The number of ether oxygens (including phenoxy) is 1. The summed E-state index contributed by atoms with van der Waals surface area (Å²) in [5.41, 5.74) is 0.945. The Labute approximate surface area is 145 Å². The Bertz CT molecular complexity index is 766. The molecule has 2 nitrogen and oxygen atoms in total. The Morgan fingerprint density at radius 2 is 1.52 bits per heavy atom. The highest BCUT2D eigenvalue weighted by Crippen LogP contribution is 2.29. The van der Waals surface area contributed by atoms with Gasteiger partial charge in [0.1, 0.15) is 0 Å². The number of unbranched alkanes of at least 4 members (excludes halogenated alkanes) is 1. The molecule has 0 radical (unpaired) electrons. The van der Waals surface area contributed by atoms with E-state index in [9.17, 15) is 26.7 Å². The molecule has 0 fully saturated rings. The van der Waals surface area contributed by atoms with E-state index in [1.54, 1.807) is 18.2 Å². The van der Waals surface area contributed by atoms with Crippen molar-refractivity contribution >= 4 is 17.6 Å². The third-order valence-corrected chi connectivity index (χ3v) is 3.61. The van der Waals surface area contributed by atoms with Gasteiger partial charge < -0.3 is 4.74 Å². The second kappa shape index (κ2) is 8.29. The van der Waals surface area contributed by atoms with E-state index in [-0.39, 0.29) is 6.42 Å². The normalized spacial score (nSPS) is 10.8. The average molecular weight is 379 g/mol. The van der Waals surface area contributed by atoms with E-state index in [1.807, 2.05) is 6.07 Å². The molecular weight excluding hydrogens is 367 g/mol. The fourth-order valence-corrected chi connectivity index (χ4v) is 2.34. The molecule has 8 heteroatoms. The van der Waals surface area contributed by atoms with E-state index in [4.69, 9.17) is 11.6 Å². The molecule has 0 amide bonds. The molecule has 0 atom stereocenters. The molecule has 0 aliphatic rings. The van der Waals surface area contributed by atoms with Gasteiger partial charge in [-0.1, -0.05) is 23.7 Å². The Balaban J connectivity index is 1.91. The highest BCUT2D eigenvalue weighted by atomic mass is 35.5. The lowest BCUT2D eigenvalue weighted by molar-refractivity contribution is -0.135. The second-order valence-electron chi connectivity index (χ2n) is 5.21. The first-order chi connectivity index (χ1) is 11.8. The van der Waals surface area contributed by atoms with Crippen molar-refractivity contribution in [1.29, 1.82) is 0 Å². The summed E-state index contributed by atoms with van der Waals surface area (Å²) in [5.74, 6) is -13.7. The van der Waals surface area contributed by atoms with Crippen molar-refractivity contribution in [2.24, 2.45) is 0 Å². The van der Waals surface area contributed by atoms with Gasteiger partial charge in [0.15, 0.2) is 0 Å². The van der Waals surface area contributed by atoms with Crippen LogP contribution >= 0.6 is 11.6 Å². The van der Waals surface area contributed by atoms with Crippen LogP contribution in [-0.2, 0) is 11.2 Å². The number of rotatable bonds is 6. The lowest BCUT2D eigenvalue weighted by atomic mass is 10.1. The van der Waals surface area contributed by atoms with Gasteiger partial charge in [-0.2, -0.15) is 8.78 Å². The van der Waals surface area contributed by atoms with Gasteiger partial charge in [-0.15, -0.1) is 0 Å². The van der Waals surface area contributed by atoms with Crippen LogP contribution in [0.1, 0.15) is 24.8 Å². The number of halogens is 6. The largest absolute Gasteiger partial charge is 0.420 e. The van der Waals surface area contributed by atoms with Gasteiger partial charge in [-0.3, -0.25) is 4.79 Å². The van der Waals surface area contributed by atoms with E-state index < -0.39 is 40.8 Å². The maximum atomic E-state index is 13.4. The third kappa shape index (κ3) is 4.69. The third-order valence-electron chi connectivity index (χ3n) is 3.37. The van der Waals surface area contributed by atoms with Crippen molar-refractivity contribution in [3.8, 4) is 5.75 Å². The number of hydrogen-bond donors (Lipinski definition) is 0. The smallest absolute Gasteiger partial charge is 0.311 e. The summed E-state index contributed by atoms with van der Waals surface area (Å²) in [7, 11) is 0. The number of carbonyl (C=O) groups excluding carboxylic acids is 1. The van der Waals surface area contributed by atoms with E-state index >= 15 is 0 Å². The Morgan fingerprint density at radius 1 is 0.920 bits per heavy atom. The van der Waals surface area contributed by atoms with Gasteiger partial charge in [0.25, 0.3) is 0 Å². The fourth-order valence-electron chi connectivity index (χ4n) is 2.13. The number of benzene rings is 2. The maximum Gasteiger partial charge on any atom is 0.311 e. The van der Waals surface area contributed by atoms with E-state index in [0.29, 0.717) is 24.3 Å². The van der Waals surface area contributed by atoms with Crippen LogP contribution in [-0.4, -0.2) is 5.97 Å². The molecule has 25 heavy (non-hydrogen) atoms. The van der Waals surface area contributed by atoms with Crippen molar-refractivity contribution in [3.63, 3.8) is 0 Å². The molecule has 0 aliphatic carbocycles. The molecule has 0 heterocycles. The van der Waals surface area contributed by atoms with Gasteiger partial charge in [-0.25, -0.2) is 13.2 Å². The molecule has 0 saturated carbocycles. The number of hydrogen-bond acceptors (Lipinski definition) is 2. The van der Waals surface area contributed by atoms with Crippen LogP contribution in [0.3, 0.4) is 0 Å². The summed E-state index contributed by atoms with van der Waals surface area (Å²) in [4.78, 5) is 11.6. The number of aryl methyl sites for hydroxylation is 1. The molecule has 134 valence electrons. The van der Waals surface area contributed by atoms with Crippen molar-refractivity contribution in [2.75, 3.05) is 0 Å². The van der Waals surface area contributed by atoms with Gasteiger partial charge >= 0.3 is 5.97 Å². The summed E-state index contributed by atoms with van der Waals surface area (Å²) in [5, 5.41) is 0.572. The van der Waals surface area contributed by atoms with Crippen LogP contribution in [0, 0.1) is 29.1 Å². The van der Waals surface area contributed by atoms with Gasteiger partial charge in [-0.05, 0) is 37.0 Å². The first-order valence-electron chi connectivity index (χ1n) is 7.27. The highest BCUT2D eigenvalue weighted by Gasteiger charge is 2.28. The molecule has 0 saturated heterocycles. The molecule has 0 N–H and O–H groups in total. The maximum absolute atomic E-state index is 13.4. The monoisotopic (exact) mass is 378 g/mol. The van der Waals surface area contributed by atoms with Gasteiger partial charge in [0.2, 0.25) is 34.8 Å². The van der Waals surface area contributed by atoms with Crippen molar-refractivity contribution in [3.05, 3.63) is 63.9 Å². The summed E-state index contributed by atoms with van der Waals surface area (Å²) < 4.78 is 70.0. The van der Waals surface area contributed by atoms with Crippen LogP contribution in [0.4, 0.5) is 22.0 Å². The fraction of sp³-hybridized carbons (Fsp3) is 0.235. The summed E-state index contributed by atoms with van der Waals surface area (Å²) in [6.07, 6.45) is 1.23. The van der Waals surface area contributed by atoms with E-state index in [0.717, 1.165) is 5.56 Å². The first-order valence-corrected chi connectivity index (χ1v) is 7.65. The Kier molecular flexibility index (Phi) is 6.36. The van der Waals surface area contributed by atoms with Crippen LogP contribution in [0.2, 0.25) is 5.02 Å². The van der Waals surface area contributed by atoms with Crippen LogP contribution in [0.25, 0.3) is 0 Å². The quantitative estimate of drug-likeness (QED) is 0.169. The minimum absolute atomic E-state index is 0.236. The zero-order chi connectivity index (χ0) is 18.6. The topological polar surface area (TPSA) is 26.3 Å². The Hall–Kier alpha value is -2.15. The Morgan fingerprint density at radius 3 is 2.12 bits per heavy atom. The summed E-state index contributed by atoms with van der Waals surface area (Å²) >= 11 is 5.83. The SMILES string of the molecule is O=C(CCCCc1cccc(Cl)c1)Oc1c(F)c(F)c(F)c(F)c1F. The molecule has 0 spiro atoms. The van der Waals surface area contributed by atoms with Crippen molar-refractivity contribution in [1.82, 2.24) is 0 Å². The molecule has 2 aromatic rings. The summed E-state index contributed by atoms with van der Waals surface area (Å²) in [6, 6.07) is 7.09. The van der Waals surface area contributed by atoms with Crippen LogP contribution < -0.4 is 4.74 Å². The zero-order valence-corrected chi connectivity index (χ0v) is 13.5. The second-order valence-corrected chi connectivity index (χ2v) is 5.65. The van der Waals surface area contributed by atoms with Gasteiger partial charge in [0.05, 0.1) is 0 Å². The first kappa shape index (κ1) is 19.2. The minimum Gasteiger partial charge on any atom is -0.420 e. The van der Waals surface area contributed by atoms with Crippen LogP contribution in [0.15, 0.2) is 24.3 Å². The molecule has 0 bridgehead atoms. The number of carbonyl (C=O) groups is 1. The molecule has 2 rings (SSSR count). The van der Waals surface area contributed by atoms with Crippen molar-refractivity contribution in [2.45, 2.75) is 25.7 Å². The molecule has 0 unspecified atom stereocenters. The molecule has 0 aliphatic heterocycles. The van der Waals surface area contributed by atoms with E-state index in [2.05, 4.69) is 4.74 Å². The predicted octanol–water partition coefficient (Wildman–Crippen LogP) is 5.35. The predicted molar refractivity (Wildman–Crippen MR) is 80.9 cm³/mol. The van der Waals surface area contributed by atoms with Gasteiger partial charge in [0, 0.05) is 11.4 Å². The van der Waals surface area contributed by atoms with Crippen molar-refractivity contribution < 1.29 is 31.5 Å². The summed E-state index contributed by atoms with van der Waals surface area (Å²) in [6.45, 7) is 0. The average Bonchev–Trinajstić information content (AvgIpc) is 2.59. The minimum atomic E-state index is -2.31. The molecule has 2 aromatic carbocycles.